The number of aliphatic hydroxyl groups excluding tert-OH is 1. The lowest BCUT2D eigenvalue weighted by Gasteiger charge is -2.15. The van der Waals surface area contributed by atoms with E-state index in [0.717, 1.165) is 10.9 Å². The fourth-order valence-electron chi connectivity index (χ4n) is 4.29. The highest BCUT2D eigenvalue weighted by Gasteiger charge is 2.35. The lowest BCUT2D eigenvalue weighted by atomic mass is 9.95. The molecule has 0 bridgehead atoms. The molecule has 1 aliphatic rings. The van der Waals surface area contributed by atoms with Gasteiger partial charge in [-0.25, -0.2) is 0 Å². The number of hydrogen-bond donors (Lipinski definition) is 1. The zero-order chi connectivity index (χ0) is 22.8. The van der Waals surface area contributed by atoms with Gasteiger partial charge in [0.25, 0.3) is 0 Å². The number of carbonyl (C=O) groups excluding carboxylic acids is 2. The van der Waals surface area contributed by atoms with E-state index < -0.39 is 0 Å². The molecule has 1 heterocycles. The van der Waals surface area contributed by atoms with Gasteiger partial charge in [0.1, 0.15) is 0 Å². The molecule has 0 saturated carbocycles. The highest BCUT2D eigenvalue weighted by molar-refractivity contribution is 6.51. The Kier molecular flexibility index (Phi) is 6.01. The smallest absolute Gasteiger partial charge is 0.203 e. The van der Waals surface area contributed by atoms with Crippen molar-refractivity contribution in [1.29, 1.82) is 0 Å². The number of aromatic nitrogens is 1. The number of methoxy groups -OCH3 is 3. The van der Waals surface area contributed by atoms with Crippen LogP contribution in [0.15, 0.2) is 42.6 Å². The van der Waals surface area contributed by atoms with Gasteiger partial charge >= 0.3 is 0 Å². The standard InChI is InChI=1S/C25H25NO6/c1-30-21-11-15(12-22(31-2)25(21)32-3)23-19(28)13-20(29)24(23)17-14-26(9-6-10-27)18-8-5-4-7-16(17)18/h4-5,7-8,11-12,14,27H,6,9-10,13H2,1-3H3. The van der Waals surface area contributed by atoms with Crippen molar-refractivity contribution in [3.05, 3.63) is 53.7 Å². The van der Waals surface area contributed by atoms with E-state index in [9.17, 15) is 14.7 Å². The van der Waals surface area contributed by atoms with Gasteiger partial charge in [-0.05, 0) is 30.2 Å². The molecule has 4 rings (SSSR count). The summed E-state index contributed by atoms with van der Waals surface area (Å²) in [5.41, 5.74) is 2.93. The van der Waals surface area contributed by atoms with E-state index in [1.165, 1.54) is 21.3 Å². The van der Waals surface area contributed by atoms with Crippen LogP contribution >= 0.6 is 0 Å². The first-order chi connectivity index (χ1) is 15.5. The molecule has 7 nitrogen and oxygen atoms in total. The normalized spacial score (nSPS) is 13.9. The monoisotopic (exact) mass is 435 g/mol. The van der Waals surface area contributed by atoms with Gasteiger partial charge in [0, 0.05) is 47.0 Å². The van der Waals surface area contributed by atoms with Crippen LogP contribution in [0.4, 0.5) is 0 Å². The highest BCUT2D eigenvalue weighted by atomic mass is 16.5. The molecule has 0 radical (unpaired) electrons. The Morgan fingerprint density at radius 1 is 0.938 bits per heavy atom. The molecule has 7 heteroatoms. The number of ether oxygens (including phenoxy) is 3. The van der Waals surface area contributed by atoms with Crippen LogP contribution in [0.3, 0.4) is 0 Å². The largest absolute Gasteiger partial charge is 0.493 e. The second kappa shape index (κ2) is 8.88. The minimum atomic E-state index is -0.244. The number of nitrogens with zero attached hydrogens (tertiary/aromatic N) is 1. The first kappa shape index (κ1) is 21.6. The third kappa shape index (κ3) is 3.54. The van der Waals surface area contributed by atoms with Crippen LogP contribution in [0.25, 0.3) is 22.0 Å². The van der Waals surface area contributed by atoms with Crippen molar-refractivity contribution >= 4 is 33.6 Å². The van der Waals surface area contributed by atoms with E-state index in [0.29, 0.717) is 52.5 Å². The van der Waals surface area contributed by atoms with Gasteiger partial charge in [0.15, 0.2) is 23.1 Å². The SMILES string of the molecule is COc1cc(C2=C(c3cn(CCCO)c4ccccc34)C(=O)CC2=O)cc(OC)c1OC. The molecule has 0 fully saturated rings. The molecule has 0 unspecified atom stereocenters. The lowest BCUT2D eigenvalue weighted by Crippen LogP contribution is -2.00. The Morgan fingerprint density at radius 2 is 1.59 bits per heavy atom. The van der Waals surface area contributed by atoms with Gasteiger partial charge in [0.05, 0.1) is 27.8 Å². The molecular formula is C25H25NO6. The lowest BCUT2D eigenvalue weighted by molar-refractivity contribution is -0.119. The third-order valence-electron chi connectivity index (χ3n) is 5.70. The van der Waals surface area contributed by atoms with Crippen molar-refractivity contribution in [2.45, 2.75) is 19.4 Å². The number of para-hydroxylation sites is 1. The zero-order valence-electron chi connectivity index (χ0n) is 18.3. The predicted octanol–water partition coefficient (Wildman–Crippen LogP) is 3.50. The molecule has 1 aromatic heterocycles. The Balaban J connectivity index is 1.98. The molecule has 1 N–H and O–H groups in total. The van der Waals surface area contributed by atoms with Crippen LogP contribution in [0, 0.1) is 0 Å². The summed E-state index contributed by atoms with van der Waals surface area (Å²) in [5.74, 6) is 0.769. The number of aryl methyl sites for hydroxylation is 1. The summed E-state index contributed by atoms with van der Waals surface area (Å²) in [5, 5.41) is 10.2. The van der Waals surface area contributed by atoms with Gasteiger partial charge in [-0.2, -0.15) is 0 Å². The number of fused-ring (bicyclic) bond motifs is 1. The molecular weight excluding hydrogens is 410 g/mol. The van der Waals surface area contributed by atoms with Crippen molar-refractivity contribution in [2.24, 2.45) is 0 Å². The number of ketones is 2. The molecule has 0 spiro atoms. The summed E-state index contributed by atoms with van der Waals surface area (Å²) in [6.45, 7) is 0.671. The molecule has 0 amide bonds. The van der Waals surface area contributed by atoms with Crippen molar-refractivity contribution in [3.8, 4) is 17.2 Å². The van der Waals surface area contributed by atoms with Crippen LogP contribution in [0.2, 0.25) is 0 Å². The third-order valence-corrected chi connectivity index (χ3v) is 5.70. The molecule has 3 aromatic rings. The fraction of sp³-hybridized carbons (Fsp3) is 0.280. The van der Waals surface area contributed by atoms with Gasteiger partial charge in [-0.3, -0.25) is 9.59 Å². The van der Waals surface area contributed by atoms with Crippen molar-refractivity contribution in [1.82, 2.24) is 4.57 Å². The Bertz CT molecular complexity index is 1210. The first-order valence-electron chi connectivity index (χ1n) is 10.3. The van der Waals surface area contributed by atoms with Crippen LogP contribution in [0.1, 0.15) is 24.0 Å². The second-order valence-electron chi connectivity index (χ2n) is 7.52. The molecule has 166 valence electrons. The molecule has 0 atom stereocenters. The molecule has 0 aliphatic heterocycles. The van der Waals surface area contributed by atoms with E-state index >= 15 is 0 Å². The van der Waals surface area contributed by atoms with Gasteiger partial charge in [0.2, 0.25) is 5.75 Å². The van der Waals surface area contributed by atoms with Crippen LogP contribution in [-0.2, 0) is 16.1 Å². The quantitative estimate of drug-likeness (QED) is 0.545. The zero-order valence-corrected chi connectivity index (χ0v) is 18.3. The number of allylic oxidation sites excluding steroid dienone is 2. The van der Waals surface area contributed by atoms with Crippen LogP contribution in [-0.4, -0.2) is 49.2 Å². The summed E-state index contributed by atoms with van der Waals surface area (Å²) in [6, 6.07) is 11.1. The molecule has 1 aliphatic carbocycles. The summed E-state index contributed by atoms with van der Waals surface area (Å²) >= 11 is 0. The summed E-state index contributed by atoms with van der Waals surface area (Å²) in [7, 11) is 4.52. The van der Waals surface area contributed by atoms with Crippen LogP contribution < -0.4 is 14.2 Å². The van der Waals surface area contributed by atoms with Gasteiger partial charge in [-0.15, -0.1) is 0 Å². The second-order valence-corrected chi connectivity index (χ2v) is 7.52. The Labute approximate surface area is 185 Å². The highest BCUT2D eigenvalue weighted by Crippen LogP contribution is 2.44. The fourth-order valence-corrected chi connectivity index (χ4v) is 4.29. The van der Waals surface area contributed by atoms with Crippen molar-refractivity contribution in [3.63, 3.8) is 0 Å². The van der Waals surface area contributed by atoms with Gasteiger partial charge in [-0.1, -0.05) is 18.2 Å². The maximum atomic E-state index is 13.1. The minimum absolute atomic E-state index is 0.0681. The van der Waals surface area contributed by atoms with E-state index in [4.69, 9.17) is 14.2 Å². The number of hydrogen-bond acceptors (Lipinski definition) is 6. The van der Waals surface area contributed by atoms with E-state index in [1.807, 2.05) is 35.0 Å². The average Bonchev–Trinajstić information content (AvgIpc) is 3.32. The summed E-state index contributed by atoms with van der Waals surface area (Å²) in [6.07, 6.45) is 2.30. The molecule has 0 saturated heterocycles. The maximum Gasteiger partial charge on any atom is 0.203 e. The number of rotatable bonds is 8. The van der Waals surface area contributed by atoms with Gasteiger partial charge < -0.3 is 23.9 Å². The maximum absolute atomic E-state index is 13.1. The summed E-state index contributed by atoms with van der Waals surface area (Å²) in [4.78, 5) is 26.1. The number of benzene rings is 2. The molecule has 32 heavy (non-hydrogen) atoms. The number of Topliss-reactive ketones (excluding diaryl/α,β-unsaturated/α-hetero) is 2. The van der Waals surface area contributed by atoms with Crippen LogP contribution in [0.5, 0.6) is 17.2 Å². The van der Waals surface area contributed by atoms with E-state index in [-0.39, 0.29) is 24.6 Å². The van der Waals surface area contributed by atoms with E-state index in [2.05, 4.69) is 0 Å². The van der Waals surface area contributed by atoms with E-state index in [1.54, 1.807) is 12.1 Å². The predicted molar refractivity (Wildman–Crippen MR) is 121 cm³/mol. The topological polar surface area (TPSA) is 87.0 Å². The molecule has 2 aromatic carbocycles. The summed E-state index contributed by atoms with van der Waals surface area (Å²) < 4.78 is 18.3. The Hall–Kier alpha value is -3.58. The minimum Gasteiger partial charge on any atom is -0.493 e. The first-order valence-corrected chi connectivity index (χ1v) is 10.3. The average molecular weight is 435 g/mol. The Morgan fingerprint density at radius 3 is 2.22 bits per heavy atom. The number of aliphatic hydroxyl groups is 1. The number of carbonyl (C=O) groups is 2. The van der Waals surface area contributed by atoms with Crippen molar-refractivity contribution in [2.75, 3.05) is 27.9 Å². The van der Waals surface area contributed by atoms with Crippen molar-refractivity contribution < 1.29 is 28.9 Å².